The molecule has 0 saturated heterocycles. The average molecular weight is 299 g/mol. The summed E-state index contributed by atoms with van der Waals surface area (Å²) in [6.45, 7) is 6.66. The van der Waals surface area contributed by atoms with E-state index in [1.54, 1.807) is 11.3 Å². The number of rotatable bonds is 5. The van der Waals surface area contributed by atoms with Crippen molar-refractivity contribution >= 4 is 34.8 Å². The fourth-order valence-electron chi connectivity index (χ4n) is 1.48. The molecule has 1 atom stereocenters. The standard InChI is InChI=1S/C11H15ClN6S/c1-4-13-10-16-9(12)17-11(18-10)15-7(3)8-14-6(2)5-19-8/h5,7H,4H2,1-3H3,(H2,13,15,16,17,18). The Morgan fingerprint density at radius 2 is 2.00 bits per heavy atom. The molecule has 2 aromatic rings. The first-order chi connectivity index (χ1) is 9.08. The summed E-state index contributed by atoms with van der Waals surface area (Å²) < 4.78 is 0. The Morgan fingerprint density at radius 3 is 2.63 bits per heavy atom. The molecule has 1 unspecified atom stereocenters. The van der Waals surface area contributed by atoms with Gasteiger partial charge in [0.1, 0.15) is 5.01 Å². The Morgan fingerprint density at radius 1 is 1.26 bits per heavy atom. The number of nitrogens with zero attached hydrogens (tertiary/aromatic N) is 4. The normalized spacial score (nSPS) is 12.2. The highest BCUT2D eigenvalue weighted by Gasteiger charge is 2.12. The molecular formula is C11H15ClN6S. The Kier molecular flexibility index (Phi) is 4.49. The predicted molar refractivity (Wildman–Crippen MR) is 77.9 cm³/mol. The summed E-state index contributed by atoms with van der Waals surface area (Å²) in [5.41, 5.74) is 1.01. The van der Waals surface area contributed by atoms with E-state index in [-0.39, 0.29) is 11.3 Å². The van der Waals surface area contributed by atoms with Crippen LogP contribution >= 0.6 is 22.9 Å². The third kappa shape index (κ3) is 3.74. The Hall–Kier alpha value is -1.47. The SMILES string of the molecule is CCNc1nc(Cl)nc(NC(C)c2nc(C)cs2)n1. The van der Waals surface area contributed by atoms with Crippen LogP contribution < -0.4 is 10.6 Å². The van der Waals surface area contributed by atoms with Gasteiger partial charge in [-0.05, 0) is 32.4 Å². The molecule has 0 aromatic carbocycles. The predicted octanol–water partition coefficient (Wildman–Crippen LogP) is 2.89. The molecule has 0 saturated carbocycles. The molecule has 0 bridgehead atoms. The summed E-state index contributed by atoms with van der Waals surface area (Å²) in [4.78, 5) is 16.7. The molecule has 6 nitrogen and oxygen atoms in total. The van der Waals surface area contributed by atoms with Crippen LogP contribution in [0.5, 0.6) is 0 Å². The van der Waals surface area contributed by atoms with Crippen LogP contribution in [0.1, 0.15) is 30.6 Å². The average Bonchev–Trinajstić information content (AvgIpc) is 2.75. The van der Waals surface area contributed by atoms with Crippen LogP contribution in [0.2, 0.25) is 5.28 Å². The van der Waals surface area contributed by atoms with Crippen molar-refractivity contribution in [2.75, 3.05) is 17.2 Å². The summed E-state index contributed by atoms with van der Waals surface area (Å²) in [6.07, 6.45) is 0. The number of halogens is 1. The smallest absolute Gasteiger partial charge is 0.229 e. The van der Waals surface area contributed by atoms with Gasteiger partial charge in [0.25, 0.3) is 0 Å². The van der Waals surface area contributed by atoms with E-state index in [1.165, 1.54) is 0 Å². The van der Waals surface area contributed by atoms with Crippen LogP contribution in [-0.4, -0.2) is 26.5 Å². The fraction of sp³-hybridized carbons (Fsp3) is 0.455. The lowest BCUT2D eigenvalue weighted by molar-refractivity contribution is 0.838. The van der Waals surface area contributed by atoms with Crippen molar-refractivity contribution in [3.63, 3.8) is 0 Å². The van der Waals surface area contributed by atoms with Crippen molar-refractivity contribution in [3.8, 4) is 0 Å². The topological polar surface area (TPSA) is 75.6 Å². The zero-order valence-corrected chi connectivity index (χ0v) is 12.5. The van der Waals surface area contributed by atoms with E-state index >= 15 is 0 Å². The van der Waals surface area contributed by atoms with Gasteiger partial charge in [-0.1, -0.05) is 0 Å². The fourth-order valence-corrected chi connectivity index (χ4v) is 2.44. The molecular weight excluding hydrogens is 284 g/mol. The minimum Gasteiger partial charge on any atom is -0.354 e. The first-order valence-corrected chi connectivity index (χ1v) is 7.18. The summed E-state index contributed by atoms with van der Waals surface area (Å²) in [6, 6.07) is 0.0200. The van der Waals surface area contributed by atoms with E-state index in [4.69, 9.17) is 11.6 Å². The summed E-state index contributed by atoms with van der Waals surface area (Å²) in [7, 11) is 0. The number of nitrogens with one attached hydrogen (secondary N) is 2. The second-order valence-electron chi connectivity index (χ2n) is 3.98. The monoisotopic (exact) mass is 298 g/mol. The number of hydrogen-bond donors (Lipinski definition) is 2. The maximum absolute atomic E-state index is 5.86. The van der Waals surface area contributed by atoms with Gasteiger partial charge in [0, 0.05) is 17.6 Å². The molecule has 8 heteroatoms. The molecule has 2 rings (SSSR count). The third-order valence-electron chi connectivity index (χ3n) is 2.30. The van der Waals surface area contributed by atoms with E-state index < -0.39 is 0 Å². The highest BCUT2D eigenvalue weighted by Crippen LogP contribution is 2.21. The van der Waals surface area contributed by atoms with Crippen molar-refractivity contribution in [3.05, 3.63) is 21.4 Å². The molecule has 0 amide bonds. The Labute approximate surface area is 120 Å². The van der Waals surface area contributed by atoms with Gasteiger partial charge in [-0.25, -0.2) is 4.98 Å². The molecule has 0 aliphatic heterocycles. The lowest BCUT2D eigenvalue weighted by Crippen LogP contribution is -2.12. The molecule has 2 aromatic heterocycles. The van der Waals surface area contributed by atoms with Gasteiger partial charge in [0.05, 0.1) is 6.04 Å². The molecule has 0 spiro atoms. The van der Waals surface area contributed by atoms with E-state index in [0.717, 1.165) is 17.2 Å². The minimum absolute atomic E-state index is 0.0200. The number of hydrogen-bond acceptors (Lipinski definition) is 7. The number of anilines is 2. The molecule has 0 fully saturated rings. The van der Waals surface area contributed by atoms with Gasteiger partial charge in [0.15, 0.2) is 0 Å². The Balaban J connectivity index is 2.14. The van der Waals surface area contributed by atoms with Gasteiger partial charge in [-0.3, -0.25) is 0 Å². The van der Waals surface area contributed by atoms with Crippen LogP contribution in [-0.2, 0) is 0 Å². The maximum Gasteiger partial charge on any atom is 0.229 e. The van der Waals surface area contributed by atoms with Crippen LogP contribution in [0, 0.1) is 6.92 Å². The van der Waals surface area contributed by atoms with Crippen LogP contribution in [0.4, 0.5) is 11.9 Å². The van der Waals surface area contributed by atoms with Gasteiger partial charge in [0.2, 0.25) is 17.2 Å². The van der Waals surface area contributed by atoms with E-state index in [0.29, 0.717) is 11.9 Å². The number of aryl methyl sites for hydroxylation is 1. The lowest BCUT2D eigenvalue weighted by atomic mass is 10.3. The van der Waals surface area contributed by atoms with Crippen molar-refractivity contribution < 1.29 is 0 Å². The van der Waals surface area contributed by atoms with E-state index in [1.807, 2.05) is 26.2 Å². The summed E-state index contributed by atoms with van der Waals surface area (Å²) >= 11 is 7.47. The van der Waals surface area contributed by atoms with E-state index in [2.05, 4.69) is 30.6 Å². The number of aromatic nitrogens is 4. The lowest BCUT2D eigenvalue weighted by Gasteiger charge is -2.12. The first-order valence-electron chi connectivity index (χ1n) is 5.92. The molecule has 0 radical (unpaired) electrons. The highest BCUT2D eigenvalue weighted by atomic mass is 35.5. The molecule has 2 heterocycles. The Bertz CT molecular complexity index is 558. The van der Waals surface area contributed by atoms with Crippen LogP contribution in [0.25, 0.3) is 0 Å². The second-order valence-corrected chi connectivity index (χ2v) is 5.20. The largest absolute Gasteiger partial charge is 0.354 e. The van der Waals surface area contributed by atoms with E-state index in [9.17, 15) is 0 Å². The summed E-state index contributed by atoms with van der Waals surface area (Å²) in [5, 5.41) is 9.34. The minimum atomic E-state index is 0.0200. The van der Waals surface area contributed by atoms with Gasteiger partial charge < -0.3 is 10.6 Å². The zero-order valence-electron chi connectivity index (χ0n) is 10.9. The van der Waals surface area contributed by atoms with Crippen LogP contribution in [0.15, 0.2) is 5.38 Å². The van der Waals surface area contributed by atoms with Crippen LogP contribution in [0.3, 0.4) is 0 Å². The molecule has 0 aliphatic carbocycles. The quantitative estimate of drug-likeness (QED) is 0.884. The van der Waals surface area contributed by atoms with Crippen molar-refractivity contribution in [2.45, 2.75) is 26.8 Å². The molecule has 2 N–H and O–H groups in total. The summed E-state index contributed by atoms with van der Waals surface area (Å²) in [5.74, 6) is 0.906. The highest BCUT2D eigenvalue weighted by molar-refractivity contribution is 7.09. The maximum atomic E-state index is 5.86. The van der Waals surface area contributed by atoms with Crippen molar-refractivity contribution in [1.29, 1.82) is 0 Å². The molecule has 102 valence electrons. The number of thiazole rings is 1. The van der Waals surface area contributed by atoms with Gasteiger partial charge >= 0.3 is 0 Å². The third-order valence-corrected chi connectivity index (χ3v) is 3.61. The molecule has 0 aliphatic rings. The van der Waals surface area contributed by atoms with Gasteiger partial charge in [-0.15, -0.1) is 11.3 Å². The van der Waals surface area contributed by atoms with Crippen molar-refractivity contribution in [2.24, 2.45) is 0 Å². The van der Waals surface area contributed by atoms with Gasteiger partial charge in [-0.2, -0.15) is 15.0 Å². The zero-order chi connectivity index (χ0) is 13.8. The molecule has 19 heavy (non-hydrogen) atoms. The van der Waals surface area contributed by atoms with Crippen molar-refractivity contribution in [1.82, 2.24) is 19.9 Å². The first kappa shape index (κ1) is 14.0. The second kappa shape index (κ2) is 6.12.